The second-order valence-electron chi connectivity index (χ2n) is 4.66. The van der Waals surface area contributed by atoms with Gasteiger partial charge in [-0.05, 0) is 45.0 Å². The predicted octanol–water partition coefficient (Wildman–Crippen LogP) is 4.03. The molecule has 106 valence electrons. The van der Waals surface area contributed by atoms with Crippen molar-refractivity contribution < 1.29 is 0 Å². The standard InChI is InChI=1S/C16H27N3/c1-5-7-8-15(10-12-18-6-2)13-16(9-11-17)19-14(3)4/h6,9-12,14H,2,5,7-8,13,17H2,1,3-4H3/b11-9?,15-10-,18-12?,19-16?. The van der Waals surface area contributed by atoms with Crippen molar-refractivity contribution in [2.24, 2.45) is 15.7 Å². The molecule has 0 saturated carbocycles. The highest BCUT2D eigenvalue weighted by Gasteiger charge is 2.02. The minimum atomic E-state index is 0.278. The lowest BCUT2D eigenvalue weighted by Crippen LogP contribution is -2.03. The highest BCUT2D eigenvalue weighted by molar-refractivity contribution is 5.97. The van der Waals surface area contributed by atoms with Crippen molar-refractivity contribution >= 4 is 11.9 Å². The Morgan fingerprint density at radius 3 is 2.63 bits per heavy atom. The van der Waals surface area contributed by atoms with Crippen LogP contribution in [0.2, 0.25) is 0 Å². The van der Waals surface area contributed by atoms with E-state index in [2.05, 4.69) is 43.4 Å². The molecule has 0 atom stereocenters. The summed E-state index contributed by atoms with van der Waals surface area (Å²) in [6, 6.07) is 0.278. The predicted molar refractivity (Wildman–Crippen MR) is 86.8 cm³/mol. The molecule has 0 unspecified atom stereocenters. The summed E-state index contributed by atoms with van der Waals surface area (Å²) in [5, 5.41) is 0. The lowest BCUT2D eigenvalue weighted by molar-refractivity contribution is 0.777. The molecule has 0 saturated heterocycles. The maximum atomic E-state index is 5.48. The van der Waals surface area contributed by atoms with Gasteiger partial charge in [0.1, 0.15) is 0 Å². The minimum absolute atomic E-state index is 0.278. The molecule has 3 heteroatoms. The number of allylic oxidation sites excluding steroid dienone is 3. The Morgan fingerprint density at radius 2 is 2.11 bits per heavy atom. The van der Waals surface area contributed by atoms with E-state index in [0.717, 1.165) is 18.6 Å². The molecule has 0 bridgehead atoms. The molecule has 0 radical (unpaired) electrons. The summed E-state index contributed by atoms with van der Waals surface area (Å²) in [6.45, 7) is 9.90. The molecule has 0 spiro atoms. The first-order chi connectivity index (χ1) is 9.13. The first-order valence-corrected chi connectivity index (χ1v) is 6.91. The van der Waals surface area contributed by atoms with Crippen LogP contribution in [-0.4, -0.2) is 18.0 Å². The number of nitrogens with zero attached hydrogens (tertiary/aromatic N) is 2. The van der Waals surface area contributed by atoms with Crippen molar-refractivity contribution in [1.82, 2.24) is 0 Å². The van der Waals surface area contributed by atoms with Crippen LogP contribution in [0, 0.1) is 0 Å². The lowest BCUT2D eigenvalue weighted by atomic mass is 10.0. The van der Waals surface area contributed by atoms with Gasteiger partial charge < -0.3 is 5.73 Å². The van der Waals surface area contributed by atoms with E-state index >= 15 is 0 Å². The van der Waals surface area contributed by atoms with Crippen molar-refractivity contribution in [3.05, 3.63) is 36.7 Å². The van der Waals surface area contributed by atoms with Crippen LogP contribution in [0.4, 0.5) is 0 Å². The smallest absolute Gasteiger partial charge is 0.0446 e. The van der Waals surface area contributed by atoms with Gasteiger partial charge in [-0.1, -0.05) is 25.5 Å². The van der Waals surface area contributed by atoms with Crippen molar-refractivity contribution in [2.75, 3.05) is 0 Å². The third kappa shape index (κ3) is 10.0. The van der Waals surface area contributed by atoms with E-state index in [0.29, 0.717) is 0 Å². The molecule has 0 aliphatic carbocycles. The van der Waals surface area contributed by atoms with Crippen LogP contribution in [0.25, 0.3) is 0 Å². The van der Waals surface area contributed by atoms with Gasteiger partial charge in [-0.25, -0.2) is 0 Å². The van der Waals surface area contributed by atoms with Gasteiger partial charge in [0.05, 0.1) is 0 Å². The lowest BCUT2D eigenvalue weighted by Gasteiger charge is -2.08. The van der Waals surface area contributed by atoms with E-state index in [4.69, 9.17) is 5.73 Å². The highest BCUT2D eigenvalue weighted by atomic mass is 14.8. The second-order valence-corrected chi connectivity index (χ2v) is 4.66. The highest BCUT2D eigenvalue weighted by Crippen LogP contribution is 2.13. The normalized spacial score (nSPS) is 13.9. The molecular weight excluding hydrogens is 234 g/mol. The largest absolute Gasteiger partial charge is 0.405 e. The molecule has 0 fully saturated rings. The maximum Gasteiger partial charge on any atom is 0.0446 e. The van der Waals surface area contributed by atoms with Crippen LogP contribution in [-0.2, 0) is 0 Å². The summed E-state index contributed by atoms with van der Waals surface area (Å²) in [6.07, 6.45) is 13.1. The average Bonchev–Trinajstić information content (AvgIpc) is 2.35. The first-order valence-electron chi connectivity index (χ1n) is 6.91. The number of hydrogen-bond acceptors (Lipinski definition) is 3. The summed E-state index contributed by atoms with van der Waals surface area (Å²) >= 11 is 0. The number of aliphatic imine (C=N–C) groups is 2. The molecule has 0 aromatic heterocycles. The molecule has 3 nitrogen and oxygen atoms in total. The van der Waals surface area contributed by atoms with E-state index < -0.39 is 0 Å². The fourth-order valence-electron chi connectivity index (χ4n) is 1.67. The SMILES string of the molecule is C=CN=C/C=C(/CCCC)CC(C=CN)=NC(C)C. The Morgan fingerprint density at radius 1 is 1.37 bits per heavy atom. The van der Waals surface area contributed by atoms with Crippen molar-refractivity contribution in [1.29, 1.82) is 0 Å². The van der Waals surface area contributed by atoms with Gasteiger partial charge >= 0.3 is 0 Å². The quantitative estimate of drug-likeness (QED) is 0.626. The molecule has 0 aliphatic heterocycles. The molecule has 0 heterocycles. The third-order valence-corrected chi connectivity index (χ3v) is 2.47. The van der Waals surface area contributed by atoms with E-state index in [9.17, 15) is 0 Å². The summed E-state index contributed by atoms with van der Waals surface area (Å²) < 4.78 is 0. The summed E-state index contributed by atoms with van der Waals surface area (Å²) in [5.41, 5.74) is 7.83. The Hall–Kier alpha value is -1.64. The fourth-order valence-corrected chi connectivity index (χ4v) is 1.67. The molecule has 0 aromatic rings. The number of hydrogen-bond donors (Lipinski definition) is 1. The zero-order chi connectivity index (χ0) is 14.5. The third-order valence-electron chi connectivity index (χ3n) is 2.47. The Balaban J connectivity index is 4.88. The van der Waals surface area contributed by atoms with Crippen LogP contribution in [0.5, 0.6) is 0 Å². The van der Waals surface area contributed by atoms with Crippen LogP contribution in [0.1, 0.15) is 46.5 Å². The van der Waals surface area contributed by atoms with Gasteiger partial charge in [-0.3, -0.25) is 9.98 Å². The molecule has 2 N–H and O–H groups in total. The van der Waals surface area contributed by atoms with Gasteiger partial charge in [0, 0.05) is 30.6 Å². The van der Waals surface area contributed by atoms with Crippen molar-refractivity contribution in [2.45, 2.75) is 52.5 Å². The summed E-state index contributed by atoms with van der Waals surface area (Å²) in [4.78, 5) is 8.60. The van der Waals surface area contributed by atoms with Gasteiger partial charge in [0.2, 0.25) is 0 Å². The topological polar surface area (TPSA) is 50.7 Å². The molecule has 0 rings (SSSR count). The summed E-state index contributed by atoms with van der Waals surface area (Å²) in [7, 11) is 0. The Bertz CT molecular complexity index is 360. The van der Waals surface area contributed by atoms with Crippen LogP contribution < -0.4 is 5.73 Å². The Kier molecular flexibility index (Phi) is 10.5. The first kappa shape index (κ1) is 17.4. The van der Waals surface area contributed by atoms with E-state index in [-0.39, 0.29) is 6.04 Å². The average molecular weight is 261 g/mol. The van der Waals surface area contributed by atoms with Crippen LogP contribution in [0.15, 0.2) is 46.7 Å². The van der Waals surface area contributed by atoms with E-state index in [1.807, 2.05) is 6.08 Å². The van der Waals surface area contributed by atoms with Gasteiger partial charge in [-0.2, -0.15) is 0 Å². The molecule has 19 heavy (non-hydrogen) atoms. The minimum Gasteiger partial charge on any atom is -0.405 e. The Labute approximate surface area is 117 Å². The maximum absolute atomic E-state index is 5.48. The fraction of sp³-hybridized carbons (Fsp3) is 0.500. The number of nitrogens with two attached hydrogens (primary N) is 1. The molecular formula is C16H27N3. The zero-order valence-electron chi connectivity index (χ0n) is 12.5. The second kappa shape index (κ2) is 11.5. The molecule has 0 aliphatic rings. The van der Waals surface area contributed by atoms with Crippen LogP contribution in [0.3, 0.4) is 0 Å². The van der Waals surface area contributed by atoms with Crippen molar-refractivity contribution in [3.8, 4) is 0 Å². The van der Waals surface area contributed by atoms with Crippen LogP contribution >= 0.6 is 0 Å². The van der Waals surface area contributed by atoms with E-state index in [1.54, 1.807) is 12.4 Å². The van der Waals surface area contributed by atoms with Crippen molar-refractivity contribution in [3.63, 3.8) is 0 Å². The van der Waals surface area contributed by atoms with Gasteiger partial charge in [-0.15, -0.1) is 0 Å². The van der Waals surface area contributed by atoms with E-state index in [1.165, 1.54) is 24.6 Å². The monoisotopic (exact) mass is 261 g/mol. The number of unbranched alkanes of at least 4 members (excludes halogenated alkanes) is 1. The zero-order valence-corrected chi connectivity index (χ0v) is 12.5. The molecule has 0 aromatic carbocycles. The summed E-state index contributed by atoms with van der Waals surface area (Å²) in [5.74, 6) is 0. The number of rotatable bonds is 9. The molecule has 0 amide bonds. The van der Waals surface area contributed by atoms with Gasteiger partial charge in [0.25, 0.3) is 0 Å². The van der Waals surface area contributed by atoms with Gasteiger partial charge in [0.15, 0.2) is 0 Å².